The second kappa shape index (κ2) is 6.99. The van der Waals surface area contributed by atoms with Crippen LogP contribution < -0.4 is 11.1 Å². The lowest BCUT2D eigenvalue weighted by atomic mass is 10.0. The molecule has 1 aromatic carbocycles. The monoisotopic (exact) mass is 375 g/mol. The first-order chi connectivity index (χ1) is 13.6. The molecule has 0 aliphatic rings. The van der Waals surface area contributed by atoms with E-state index in [0.717, 1.165) is 0 Å². The van der Waals surface area contributed by atoms with Crippen molar-refractivity contribution in [3.8, 4) is 17.0 Å². The number of aryl methyl sites for hydroxylation is 1. The lowest BCUT2D eigenvalue weighted by Gasteiger charge is -2.13. The maximum Gasteiger partial charge on any atom is 0.273 e. The molecule has 3 N–H and O–H groups in total. The largest absolute Gasteiger partial charge is 0.506 e. The quantitative estimate of drug-likeness (QED) is 0.475. The fraction of sp³-hybridized carbons (Fsp3) is 0.100. The van der Waals surface area contributed by atoms with Crippen LogP contribution in [0.4, 0.5) is 5.82 Å². The number of aromatic nitrogens is 4. The van der Waals surface area contributed by atoms with Gasteiger partial charge in [-0.1, -0.05) is 18.2 Å². The lowest BCUT2D eigenvalue weighted by Crippen LogP contribution is -2.22. The maximum absolute atomic E-state index is 13.1. The molecule has 0 saturated heterocycles. The van der Waals surface area contributed by atoms with Crippen molar-refractivity contribution in [2.45, 2.75) is 13.5 Å². The van der Waals surface area contributed by atoms with Gasteiger partial charge in [-0.3, -0.25) is 19.8 Å². The van der Waals surface area contributed by atoms with E-state index in [2.05, 4.69) is 20.2 Å². The summed E-state index contributed by atoms with van der Waals surface area (Å²) in [5.74, 6) is 0.232. The number of hydrogen-bond acceptors (Lipinski definition) is 5. The first-order valence-corrected chi connectivity index (χ1v) is 8.72. The van der Waals surface area contributed by atoms with E-state index < -0.39 is 11.1 Å². The molecule has 140 valence electrons. The molecule has 0 fully saturated rings. The Balaban J connectivity index is 1.97. The van der Waals surface area contributed by atoms with Crippen LogP contribution in [0.1, 0.15) is 12.5 Å². The Kier molecular flexibility index (Phi) is 4.36. The predicted molar refractivity (Wildman–Crippen MR) is 107 cm³/mol. The zero-order valence-corrected chi connectivity index (χ0v) is 15.0. The van der Waals surface area contributed by atoms with Gasteiger partial charge >= 0.3 is 0 Å². The van der Waals surface area contributed by atoms with Gasteiger partial charge in [-0.25, -0.2) is 9.98 Å². The molecule has 4 aromatic rings. The summed E-state index contributed by atoms with van der Waals surface area (Å²) in [6, 6.07) is 12.3. The molecule has 0 amide bonds. The number of benzene rings is 1. The van der Waals surface area contributed by atoms with E-state index >= 15 is 0 Å². The van der Waals surface area contributed by atoms with Crippen molar-refractivity contribution >= 4 is 22.9 Å². The van der Waals surface area contributed by atoms with E-state index in [1.165, 1.54) is 6.21 Å². The van der Waals surface area contributed by atoms with E-state index in [0.29, 0.717) is 23.3 Å². The van der Waals surface area contributed by atoms with Crippen LogP contribution in [0.25, 0.3) is 22.2 Å². The van der Waals surface area contributed by atoms with E-state index in [1.807, 2.05) is 6.92 Å². The number of para-hydroxylation sites is 1. The summed E-state index contributed by atoms with van der Waals surface area (Å²) in [6.07, 6.45) is 2.92. The fourth-order valence-electron chi connectivity index (χ4n) is 3.18. The van der Waals surface area contributed by atoms with Crippen molar-refractivity contribution in [1.82, 2.24) is 19.7 Å². The molecule has 0 atom stereocenters. The minimum Gasteiger partial charge on any atom is -0.506 e. The Bertz CT molecular complexity index is 1300. The van der Waals surface area contributed by atoms with Gasteiger partial charge in [0, 0.05) is 24.3 Å². The van der Waals surface area contributed by atoms with Crippen molar-refractivity contribution in [2.75, 3.05) is 0 Å². The van der Waals surface area contributed by atoms with Gasteiger partial charge < -0.3 is 9.67 Å². The molecule has 3 aromatic heterocycles. The van der Waals surface area contributed by atoms with Crippen molar-refractivity contribution in [3.05, 3.63) is 74.9 Å². The van der Waals surface area contributed by atoms with Gasteiger partial charge in [-0.05, 0) is 31.2 Å². The van der Waals surface area contributed by atoms with Crippen LogP contribution in [0.5, 0.6) is 5.75 Å². The van der Waals surface area contributed by atoms with Gasteiger partial charge in [0.05, 0.1) is 16.8 Å². The average Bonchev–Trinajstić information content (AvgIpc) is 3.08. The molecular formula is C20H17N5O3. The number of rotatable bonds is 4. The van der Waals surface area contributed by atoms with Crippen molar-refractivity contribution < 1.29 is 5.11 Å². The second-order valence-corrected chi connectivity index (χ2v) is 6.10. The van der Waals surface area contributed by atoms with Crippen LogP contribution in [0, 0.1) is 0 Å². The summed E-state index contributed by atoms with van der Waals surface area (Å²) < 4.78 is 1.55. The highest BCUT2D eigenvalue weighted by molar-refractivity contribution is 5.96. The molecule has 0 aliphatic heterocycles. The highest BCUT2D eigenvalue weighted by atomic mass is 16.3. The highest BCUT2D eigenvalue weighted by Crippen LogP contribution is 2.32. The smallest absolute Gasteiger partial charge is 0.273 e. The van der Waals surface area contributed by atoms with Crippen LogP contribution in [0.3, 0.4) is 0 Å². The Morgan fingerprint density at radius 3 is 2.68 bits per heavy atom. The van der Waals surface area contributed by atoms with Gasteiger partial charge in [0.25, 0.3) is 11.1 Å². The zero-order valence-electron chi connectivity index (χ0n) is 15.0. The topological polar surface area (TPSA) is 116 Å². The number of aromatic hydroxyl groups is 1. The number of pyridine rings is 2. The van der Waals surface area contributed by atoms with E-state index in [4.69, 9.17) is 0 Å². The van der Waals surface area contributed by atoms with Crippen molar-refractivity contribution in [1.29, 1.82) is 0 Å². The Labute approximate surface area is 158 Å². The summed E-state index contributed by atoms with van der Waals surface area (Å²) >= 11 is 0. The number of H-pyrrole nitrogens is 2. The third-order valence-corrected chi connectivity index (χ3v) is 4.50. The third-order valence-electron chi connectivity index (χ3n) is 4.50. The Hall–Kier alpha value is -3.94. The van der Waals surface area contributed by atoms with Crippen LogP contribution in [-0.4, -0.2) is 31.1 Å². The Morgan fingerprint density at radius 2 is 1.93 bits per heavy atom. The van der Waals surface area contributed by atoms with Crippen LogP contribution >= 0.6 is 0 Å². The summed E-state index contributed by atoms with van der Waals surface area (Å²) in [4.78, 5) is 33.6. The number of fused-ring (bicyclic) bond motifs is 1. The molecular weight excluding hydrogens is 358 g/mol. The fourth-order valence-corrected chi connectivity index (χ4v) is 3.18. The molecule has 8 nitrogen and oxygen atoms in total. The summed E-state index contributed by atoms with van der Waals surface area (Å²) in [7, 11) is 0. The zero-order chi connectivity index (χ0) is 19.7. The van der Waals surface area contributed by atoms with Crippen molar-refractivity contribution in [3.63, 3.8) is 0 Å². The first-order valence-electron chi connectivity index (χ1n) is 8.72. The molecule has 0 radical (unpaired) electrons. The minimum absolute atomic E-state index is 0.0152. The summed E-state index contributed by atoms with van der Waals surface area (Å²) in [5.41, 5.74) is 0.0986. The van der Waals surface area contributed by atoms with Gasteiger partial charge in [-0.15, -0.1) is 0 Å². The van der Waals surface area contributed by atoms with Gasteiger partial charge in [0.1, 0.15) is 11.3 Å². The molecule has 0 aliphatic carbocycles. The van der Waals surface area contributed by atoms with E-state index in [1.54, 1.807) is 53.2 Å². The molecule has 3 heterocycles. The molecule has 0 saturated carbocycles. The molecule has 0 unspecified atom stereocenters. The molecule has 8 heteroatoms. The first kappa shape index (κ1) is 17.5. The van der Waals surface area contributed by atoms with Crippen molar-refractivity contribution in [2.24, 2.45) is 4.99 Å². The number of aliphatic imine (C=N–C) groups is 1. The van der Waals surface area contributed by atoms with Crippen LogP contribution in [0.15, 0.2) is 63.2 Å². The van der Waals surface area contributed by atoms with Gasteiger partial charge in [0.2, 0.25) is 0 Å². The average molecular weight is 375 g/mol. The van der Waals surface area contributed by atoms with Gasteiger partial charge in [-0.2, -0.15) is 0 Å². The number of aromatic amines is 2. The normalized spacial score (nSPS) is 11.5. The number of nitrogens with zero attached hydrogens (tertiary/aromatic N) is 3. The van der Waals surface area contributed by atoms with Crippen LogP contribution in [0.2, 0.25) is 0 Å². The predicted octanol–water partition coefficient (Wildman–Crippen LogP) is 2.56. The minimum atomic E-state index is -0.454. The summed E-state index contributed by atoms with van der Waals surface area (Å²) in [6.45, 7) is 2.26. The van der Waals surface area contributed by atoms with Gasteiger partial charge in [0.15, 0.2) is 5.82 Å². The molecule has 0 spiro atoms. The lowest BCUT2D eigenvalue weighted by molar-refractivity contribution is 0.481. The third kappa shape index (κ3) is 2.81. The molecule has 28 heavy (non-hydrogen) atoms. The number of nitrogens with one attached hydrogen (secondary N) is 2. The summed E-state index contributed by atoms with van der Waals surface area (Å²) in [5, 5.41) is 16.5. The second-order valence-electron chi connectivity index (χ2n) is 6.10. The van der Waals surface area contributed by atoms with Crippen LogP contribution in [-0.2, 0) is 6.54 Å². The van der Waals surface area contributed by atoms with E-state index in [9.17, 15) is 14.7 Å². The Morgan fingerprint density at radius 1 is 1.14 bits per heavy atom. The molecule has 0 bridgehead atoms. The standard InChI is InChI=1S/C20H17N5O3/c1-2-25-14-8-4-3-7-12(14)18(26)16(20(25)28)17-13(19(27)24-23-17)11-22-15-9-5-6-10-21-15/h3-11,26H,2H2,1H3,(H2,23,24,27). The highest BCUT2D eigenvalue weighted by Gasteiger charge is 2.21. The molecule has 4 rings (SSSR count). The maximum atomic E-state index is 13.1. The number of hydrogen-bond donors (Lipinski definition) is 3. The SMILES string of the molecule is CCn1c(=O)c(-c2[nH][nH]c(=O)c2C=Nc2ccccn2)c(O)c2ccccc21. The van der Waals surface area contributed by atoms with E-state index in [-0.39, 0.29) is 22.6 Å².